The normalized spacial score (nSPS) is 18.7. The number of nitrogens with one attached hydrogen (secondary N) is 1. The van der Waals surface area contributed by atoms with Crippen molar-refractivity contribution in [1.82, 2.24) is 10.2 Å². The van der Waals surface area contributed by atoms with Gasteiger partial charge >= 0.3 is 6.03 Å². The van der Waals surface area contributed by atoms with Crippen LogP contribution in [0.4, 0.5) is 4.79 Å². The molecule has 3 amide bonds. The average molecular weight is 417 g/mol. The SMILES string of the molecule is COc1ccc(C2(C)NC(=O)N(CCCCOc3ccc(Cl)cc3)C2=O)cc1C. The molecule has 154 valence electrons. The van der Waals surface area contributed by atoms with E-state index in [1.54, 1.807) is 26.2 Å². The summed E-state index contributed by atoms with van der Waals surface area (Å²) in [5.74, 6) is 1.24. The zero-order valence-corrected chi connectivity index (χ0v) is 17.6. The fourth-order valence-electron chi connectivity index (χ4n) is 3.38. The van der Waals surface area contributed by atoms with Gasteiger partial charge in [0.1, 0.15) is 17.0 Å². The van der Waals surface area contributed by atoms with Crippen LogP contribution in [0.15, 0.2) is 42.5 Å². The van der Waals surface area contributed by atoms with Crippen LogP contribution in [0.2, 0.25) is 5.02 Å². The van der Waals surface area contributed by atoms with Crippen LogP contribution in [-0.4, -0.2) is 37.1 Å². The van der Waals surface area contributed by atoms with Gasteiger partial charge in [0.2, 0.25) is 0 Å². The van der Waals surface area contributed by atoms with Crippen molar-refractivity contribution in [2.75, 3.05) is 20.3 Å². The summed E-state index contributed by atoms with van der Waals surface area (Å²) in [7, 11) is 1.60. The molecule has 2 aromatic carbocycles. The number of amides is 3. The Morgan fingerprint density at radius 3 is 2.48 bits per heavy atom. The zero-order valence-electron chi connectivity index (χ0n) is 16.8. The Bertz CT molecular complexity index is 900. The van der Waals surface area contributed by atoms with Gasteiger partial charge in [-0.05, 0) is 74.2 Å². The maximum Gasteiger partial charge on any atom is 0.325 e. The van der Waals surface area contributed by atoms with Gasteiger partial charge in [0.25, 0.3) is 5.91 Å². The fourth-order valence-corrected chi connectivity index (χ4v) is 3.50. The standard InChI is InChI=1S/C22H25ClN2O4/c1-15-14-16(6-11-19(15)28-3)22(2)20(26)25(21(27)24-22)12-4-5-13-29-18-9-7-17(23)8-10-18/h6-11,14H,4-5,12-13H2,1-3H3,(H,24,27). The Kier molecular flexibility index (Phi) is 6.33. The molecule has 0 aromatic heterocycles. The quantitative estimate of drug-likeness (QED) is 0.515. The van der Waals surface area contributed by atoms with Crippen molar-refractivity contribution < 1.29 is 19.1 Å². The number of methoxy groups -OCH3 is 1. The van der Waals surface area contributed by atoms with Crippen LogP contribution in [0.3, 0.4) is 0 Å². The van der Waals surface area contributed by atoms with E-state index >= 15 is 0 Å². The van der Waals surface area contributed by atoms with Crippen molar-refractivity contribution in [2.24, 2.45) is 0 Å². The number of aryl methyl sites for hydroxylation is 1. The van der Waals surface area contributed by atoms with Crippen LogP contribution >= 0.6 is 11.6 Å². The van der Waals surface area contributed by atoms with E-state index in [1.165, 1.54) is 4.90 Å². The number of imide groups is 1. The first-order chi connectivity index (χ1) is 13.8. The molecule has 0 spiro atoms. The highest BCUT2D eigenvalue weighted by Crippen LogP contribution is 2.31. The topological polar surface area (TPSA) is 67.9 Å². The van der Waals surface area contributed by atoms with Crippen LogP contribution < -0.4 is 14.8 Å². The number of hydrogen-bond donors (Lipinski definition) is 1. The van der Waals surface area contributed by atoms with Gasteiger partial charge in [-0.3, -0.25) is 9.69 Å². The summed E-state index contributed by atoms with van der Waals surface area (Å²) < 4.78 is 10.9. The van der Waals surface area contributed by atoms with Gasteiger partial charge in [0.05, 0.1) is 13.7 Å². The lowest BCUT2D eigenvalue weighted by atomic mass is 9.90. The second-order valence-electron chi connectivity index (χ2n) is 7.21. The number of rotatable bonds is 8. The summed E-state index contributed by atoms with van der Waals surface area (Å²) in [4.78, 5) is 26.7. The van der Waals surface area contributed by atoms with Crippen LogP contribution in [0.1, 0.15) is 30.9 Å². The van der Waals surface area contributed by atoms with Crippen molar-refractivity contribution in [3.8, 4) is 11.5 Å². The molecule has 0 aliphatic carbocycles. The maximum atomic E-state index is 13.0. The molecule has 1 unspecified atom stereocenters. The molecule has 1 aliphatic heterocycles. The summed E-state index contributed by atoms with van der Waals surface area (Å²) in [6.45, 7) is 4.49. The van der Waals surface area contributed by atoms with E-state index in [9.17, 15) is 9.59 Å². The van der Waals surface area contributed by atoms with Gasteiger partial charge in [-0.2, -0.15) is 0 Å². The van der Waals surface area contributed by atoms with Crippen LogP contribution in [-0.2, 0) is 10.3 Å². The second kappa shape index (κ2) is 8.74. The molecule has 1 aliphatic rings. The highest BCUT2D eigenvalue weighted by molar-refractivity contribution is 6.30. The van der Waals surface area contributed by atoms with E-state index in [1.807, 2.05) is 37.3 Å². The minimum absolute atomic E-state index is 0.245. The Morgan fingerprint density at radius 2 is 1.83 bits per heavy atom. The van der Waals surface area contributed by atoms with Crippen molar-refractivity contribution in [3.05, 3.63) is 58.6 Å². The van der Waals surface area contributed by atoms with Gasteiger partial charge in [0, 0.05) is 11.6 Å². The van der Waals surface area contributed by atoms with E-state index < -0.39 is 5.54 Å². The molecular weight excluding hydrogens is 392 g/mol. The number of halogens is 1. The van der Waals surface area contributed by atoms with Gasteiger partial charge < -0.3 is 14.8 Å². The van der Waals surface area contributed by atoms with Crippen molar-refractivity contribution >= 4 is 23.5 Å². The molecule has 1 fully saturated rings. The fraction of sp³-hybridized carbons (Fsp3) is 0.364. The molecule has 7 heteroatoms. The Hall–Kier alpha value is -2.73. The summed E-state index contributed by atoms with van der Waals surface area (Å²) in [5.41, 5.74) is 0.572. The predicted octanol–water partition coefficient (Wildman–Crippen LogP) is 4.28. The third-order valence-corrected chi connectivity index (χ3v) is 5.36. The summed E-state index contributed by atoms with van der Waals surface area (Å²) >= 11 is 5.85. The van der Waals surface area contributed by atoms with E-state index in [0.29, 0.717) is 24.6 Å². The largest absolute Gasteiger partial charge is 0.496 e. The third-order valence-electron chi connectivity index (χ3n) is 5.11. The number of benzene rings is 2. The highest BCUT2D eigenvalue weighted by atomic mass is 35.5. The molecule has 1 heterocycles. The lowest BCUT2D eigenvalue weighted by Crippen LogP contribution is -2.41. The molecule has 1 saturated heterocycles. The predicted molar refractivity (Wildman–Crippen MR) is 112 cm³/mol. The number of urea groups is 1. The molecule has 29 heavy (non-hydrogen) atoms. The number of carbonyl (C=O) groups excluding carboxylic acids is 2. The Balaban J connectivity index is 1.56. The molecule has 1 atom stereocenters. The molecule has 0 radical (unpaired) electrons. The van der Waals surface area contributed by atoms with Crippen molar-refractivity contribution in [2.45, 2.75) is 32.2 Å². The van der Waals surface area contributed by atoms with E-state index in [-0.39, 0.29) is 11.9 Å². The van der Waals surface area contributed by atoms with Gasteiger partial charge in [-0.15, -0.1) is 0 Å². The molecule has 6 nitrogen and oxygen atoms in total. The second-order valence-corrected chi connectivity index (χ2v) is 7.64. The molecule has 1 N–H and O–H groups in total. The van der Waals surface area contributed by atoms with Gasteiger partial charge in [-0.1, -0.05) is 17.7 Å². The minimum atomic E-state index is -1.08. The summed E-state index contributed by atoms with van der Waals surface area (Å²) in [5, 5.41) is 3.49. The van der Waals surface area contributed by atoms with E-state index in [0.717, 1.165) is 29.0 Å². The van der Waals surface area contributed by atoms with Gasteiger partial charge in [-0.25, -0.2) is 4.79 Å². The smallest absolute Gasteiger partial charge is 0.325 e. The monoisotopic (exact) mass is 416 g/mol. The number of hydrogen-bond acceptors (Lipinski definition) is 4. The van der Waals surface area contributed by atoms with E-state index in [4.69, 9.17) is 21.1 Å². The molecule has 0 saturated carbocycles. The molecule has 2 aromatic rings. The first-order valence-electron chi connectivity index (χ1n) is 9.53. The minimum Gasteiger partial charge on any atom is -0.496 e. The van der Waals surface area contributed by atoms with Crippen LogP contribution in [0.25, 0.3) is 0 Å². The number of nitrogens with zero attached hydrogens (tertiary/aromatic N) is 1. The summed E-state index contributed by atoms with van der Waals surface area (Å²) in [6.07, 6.45) is 1.38. The molecule has 3 rings (SSSR count). The van der Waals surface area contributed by atoms with Crippen molar-refractivity contribution in [3.63, 3.8) is 0 Å². The molecule has 0 bridgehead atoms. The first-order valence-corrected chi connectivity index (χ1v) is 9.90. The maximum absolute atomic E-state index is 13.0. The number of ether oxygens (including phenoxy) is 2. The Labute approximate surface area is 175 Å². The lowest BCUT2D eigenvalue weighted by molar-refractivity contribution is -0.131. The van der Waals surface area contributed by atoms with Crippen LogP contribution in [0.5, 0.6) is 11.5 Å². The first kappa shape index (κ1) is 21.0. The summed E-state index contributed by atoms with van der Waals surface area (Å²) in [6, 6.07) is 12.3. The van der Waals surface area contributed by atoms with Gasteiger partial charge in [0.15, 0.2) is 0 Å². The third kappa shape index (κ3) is 4.48. The highest BCUT2D eigenvalue weighted by Gasteiger charge is 2.48. The lowest BCUT2D eigenvalue weighted by Gasteiger charge is -2.23. The van der Waals surface area contributed by atoms with E-state index in [2.05, 4.69) is 5.32 Å². The zero-order chi connectivity index (χ0) is 21.0. The van der Waals surface area contributed by atoms with Crippen molar-refractivity contribution in [1.29, 1.82) is 0 Å². The van der Waals surface area contributed by atoms with Crippen LogP contribution in [0, 0.1) is 6.92 Å². The Morgan fingerprint density at radius 1 is 1.10 bits per heavy atom. The number of unbranched alkanes of at least 4 members (excludes halogenated alkanes) is 1. The molecular formula is C22H25ClN2O4. The number of carbonyl (C=O) groups is 2. The average Bonchev–Trinajstić information content (AvgIpc) is 2.92.